The molecule has 126 valence electrons. The van der Waals surface area contributed by atoms with Gasteiger partial charge in [0.1, 0.15) is 5.75 Å². The molecule has 1 amide bonds. The van der Waals surface area contributed by atoms with Crippen LogP contribution >= 0.6 is 0 Å². The normalized spacial score (nSPS) is 19.1. The first-order valence-electron chi connectivity index (χ1n) is 7.63. The van der Waals surface area contributed by atoms with Crippen LogP contribution in [0.15, 0.2) is 30.3 Å². The predicted octanol–water partition coefficient (Wildman–Crippen LogP) is 2.92. The van der Waals surface area contributed by atoms with Crippen molar-refractivity contribution in [1.82, 2.24) is 4.90 Å². The smallest absolute Gasteiger partial charge is 0.387 e. The number of nitrogens with zero attached hydrogens (tertiary/aromatic N) is 1. The van der Waals surface area contributed by atoms with Crippen LogP contribution in [0, 0.1) is 5.92 Å². The predicted molar refractivity (Wildman–Crippen MR) is 83.1 cm³/mol. The minimum absolute atomic E-state index is 0.0518. The Kier molecular flexibility index (Phi) is 6.10. The van der Waals surface area contributed by atoms with Gasteiger partial charge in [-0.3, -0.25) is 4.79 Å². The van der Waals surface area contributed by atoms with Gasteiger partial charge in [-0.05, 0) is 37.3 Å². The molecule has 6 heteroatoms. The molecule has 2 rings (SSSR count). The molecule has 1 aromatic carbocycles. The Morgan fingerprint density at radius 3 is 2.91 bits per heavy atom. The van der Waals surface area contributed by atoms with Crippen molar-refractivity contribution < 1.29 is 23.4 Å². The number of hydrogen-bond donors (Lipinski definition) is 1. The van der Waals surface area contributed by atoms with E-state index in [4.69, 9.17) is 0 Å². The van der Waals surface area contributed by atoms with E-state index in [9.17, 15) is 18.7 Å². The number of aliphatic hydroxyl groups excluding tert-OH is 1. The van der Waals surface area contributed by atoms with Crippen molar-refractivity contribution >= 4 is 11.5 Å². The number of benzene rings is 1. The Morgan fingerprint density at radius 1 is 1.48 bits per heavy atom. The van der Waals surface area contributed by atoms with E-state index in [0.717, 1.165) is 12.8 Å². The van der Waals surface area contributed by atoms with Crippen molar-refractivity contribution in [2.75, 3.05) is 19.7 Å². The molecule has 0 saturated carbocycles. The Hall–Kier alpha value is -1.95. The number of likely N-dealkylation sites (tertiary alicyclic amines) is 1. The number of piperidine rings is 1. The van der Waals surface area contributed by atoms with Crippen molar-refractivity contribution in [3.05, 3.63) is 35.9 Å². The van der Waals surface area contributed by atoms with Crippen molar-refractivity contribution in [3.63, 3.8) is 0 Å². The summed E-state index contributed by atoms with van der Waals surface area (Å²) in [6, 6.07) is 6.40. The van der Waals surface area contributed by atoms with Gasteiger partial charge in [-0.2, -0.15) is 8.78 Å². The van der Waals surface area contributed by atoms with Crippen LogP contribution in [0.4, 0.5) is 8.78 Å². The lowest BCUT2D eigenvalue weighted by atomic mass is 9.98. The van der Waals surface area contributed by atoms with Gasteiger partial charge in [0.25, 0.3) is 0 Å². The summed E-state index contributed by atoms with van der Waals surface area (Å²) in [5.41, 5.74) is 1.04. The van der Waals surface area contributed by atoms with Gasteiger partial charge < -0.3 is 14.7 Å². The lowest BCUT2D eigenvalue weighted by molar-refractivity contribution is -0.128. The largest absolute Gasteiger partial charge is 0.434 e. The SMILES string of the molecule is C/C(=C/C(=O)N1CCCC(CO)C1)c1ccccc1OC(F)F. The minimum Gasteiger partial charge on any atom is -0.434 e. The van der Waals surface area contributed by atoms with Crippen LogP contribution in [0.2, 0.25) is 0 Å². The molecular weight excluding hydrogens is 304 g/mol. The lowest BCUT2D eigenvalue weighted by Gasteiger charge is -2.31. The molecule has 23 heavy (non-hydrogen) atoms. The molecule has 1 fully saturated rings. The van der Waals surface area contributed by atoms with Crippen LogP contribution in [0.1, 0.15) is 25.3 Å². The van der Waals surface area contributed by atoms with Crippen LogP contribution in [-0.2, 0) is 4.79 Å². The summed E-state index contributed by atoms with van der Waals surface area (Å²) in [4.78, 5) is 14.0. The highest BCUT2D eigenvalue weighted by Gasteiger charge is 2.22. The van der Waals surface area contributed by atoms with E-state index in [1.807, 2.05) is 0 Å². The highest BCUT2D eigenvalue weighted by molar-refractivity contribution is 5.95. The van der Waals surface area contributed by atoms with Crippen LogP contribution in [0.5, 0.6) is 5.75 Å². The minimum atomic E-state index is -2.91. The summed E-state index contributed by atoms with van der Waals surface area (Å²) >= 11 is 0. The first-order valence-corrected chi connectivity index (χ1v) is 7.63. The number of ether oxygens (including phenoxy) is 1. The Labute approximate surface area is 134 Å². The van der Waals surface area contributed by atoms with Gasteiger partial charge in [-0.25, -0.2) is 0 Å². The zero-order valence-corrected chi connectivity index (χ0v) is 13.0. The average Bonchev–Trinajstić information content (AvgIpc) is 2.54. The number of amides is 1. The van der Waals surface area contributed by atoms with Gasteiger partial charge in [-0.15, -0.1) is 0 Å². The number of halogens is 2. The summed E-state index contributed by atoms with van der Waals surface area (Å²) in [7, 11) is 0. The molecule has 4 nitrogen and oxygen atoms in total. The van der Waals surface area contributed by atoms with Crippen molar-refractivity contribution in [1.29, 1.82) is 0 Å². The van der Waals surface area contributed by atoms with Crippen molar-refractivity contribution in [2.45, 2.75) is 26.4 Å². The van der Waals surface area contributed by atoms with E-state index in [1.165, 1.54) is 12.1 Å². The van der Waals surface area contributed by atoms with Gasteiger partial charge in [0.05, 0.1) is 0 Å². The van der Waals surface area contributed by atoms with Crippen LogP contribution < -0.4 is 4.74 Å². The molecule has 1 N–H and O–H groups in total. The van der Waals surface area contributed by atoms with Gasteiger partial charge in [-0.1, -0.05) is 18.2 Å². The number of carbonyl (C=O) groups is 1. The molecule has 0 bridgehead atoms. The first-order chi connectivity index (χ1) is 11.0. The van der Waals surface area contributed by atoms with Gasteiger partial charge in [0.15, 0.2) is 0 Å². The Bertz CT molecular complexity index is 575. The third kappa shape index (κ3) is 4.76. The molecule has 1 atom stereocenters. The molecule has 0 spiro atoms. The van der Waals surface area contributed by atoms with Crippen molar-refractivity contribution in [3.8, 4) is 5.75 Å². The van der Waals surface area contributed by atoms with Gasteiger partial charge in [0, 0.05) is 31.3 Å². The number of aliphatic hydroxyl groups is 1. The number of carbonyl (C=O) groups excluding carboxylic acids is 1. The second-order valence-corrected chi connectivity index (χ2v) is 5.68. The average molecular weight is 325 g/mol. The highest BCUT2D eigenvalue weighted by atomic mass is 19.3. The third-order valence-corrected chi connectivity index (χ3v) is 3.96. The molecular formula is C17H21F2NO3. The topological polar surface area (TPSA) is 49.8 Å². The van der Waals surface area contributed by atoms with E-state index in [-0.39, 0.29) is 24.2 Å². The summed E-state index contributed by atoms with van der Waals surface area (Å²) < 4.78 is 29.4. The Balaban J connectivity index is 2.14. The van der Waals surface area contributed by atoms with E-state index in [0.29, 0.717) is 24.2 Å². The first kappa shape index (κ1) is 17.4. The number of alkyl halides is 2. The fourth-order valence-electron chi connectivity index (χ4n) is 2.76. The molecule has 1 aromatic rings. The Morgan fingerprint density at radius 2 is 2.22 bits per heavy atom. The molecule has 0 radical (unpaired) electrons. The van der Waals surface area contributed by atoms with Crippen LogP contribution in [0.25, 0.3) is 5.57 Å². The zero-order chi connectivity index (χ0) is 16.8. The molecule has 1 aliphatic rings. The fraction of sp³-hybridized carbons (Fsp3) is 0.471. The quantitative estimate of drug-likeness (QED) is 0.847. The molecule has 0 aromatic heterocycles. The van der Waals surface area contributed by atoms with Gasteiger partial charge >= 0.3 is 6.61 Å². The monoisotopic (exact) mass is 325 g/mol. The molecule has 1 unspecified atom stereocenters. The van der Waals surface area contributed by atoms with E-state index in [2.05, 4.69) is 4.74 Å². The zero-order valence-electron chi connectivity index (χ0n) is 13.0. The number of allylic oxidation sites excluding steroid dienone is 1. The summed E-state index contributed by atoms with van der Waals surface area (Å²) in [6.07, 6.45) is 3.20. The molecule has 1 saturated heterocycles. The lowest BCUT2D eigenvalue weighted by Crippen LogP contribution is -2.40. The van der Waals surface area contributed by atoms with Gasteiger partial charge in [0.2, 0.25) is 5.91 Å². The van der Waals surface area contributed by atoms with E-state index in [1.54, 1.807) is 30.0 Å². The summed E-state index contributed by atoms with van der Waals surface area (Å²) in [6.45, 7) is 0.0196. The highest BCUT2D eigenvalue weighted by Crippen LogP contribution is 2.27. The second kappa shape index (κ2) is 8.06. The molecule has 0 aliphatic carbocycles. The van der Waals surface area contributed by atoms with Crippen LogP contribution in [0.3, 0.4) is 0 Å². The maximum atomic E-state index is 12.5. The maximum absolute atomic E-state index is 12.5. The van der Waals surface area contributed by atoms with Crippen molar-refractivity contribution in [2.24, 2.45) is 5.92 Å². The molecule has 1 heterocycles. The summed E-state index contributed by atoms with van der Waals surface area (Å²) in [5, 5.41) is 9.23. The number of hydrogen-bond acceptors (Lipinski definition) is 3. The van der Waals surface area contributed by atoms with E-state index < -0.39 is 6.61 Å². The van der Waals surface area contributed by atoms with E-state index >= 15 is 0 Å². The number of para-hydroxylation sites is 1. The fourth-order valence-corrected chi connectivity index (χ4v) is 2.76. The second-order valence-electron chi connectivity index (χ2n) is 5.68. The maximum Gasteiger partial charge on any atom is 0.387 e. The van der Waals surface area contributed by atoms with Crippen LogP contribution in [-0.4, -0.2) is 42.2 Å². The summed E-state index contributed by atoms with van der Waals surface area (Å²) in [5.74, 6) is -0.0145. The molecule has 1 aliphatic heterocycles. The number of rotatable bonds is 5. The third-order valence-electron chi connectivity index (χ3n) is 3.96. The standard InChI is InChI=1S/C17H21F2NO3/c1-12(14-6-2-3-7-15(14)23-17(18)19)9-16(22)20-8-4-5-13(10-20)11-21/h2-3,6-7,9,13,17,21H,4-5,8,10-11H2,1H3/b12-9-.